The number of unbranched alkanes of at least 4 members (excludes halogenated alkanes) is 1. The molecule has 32 heavy (non-hydrogen) atoms. The van der Waals surface area contributed by atoms with Crippen LogP contribution in [0.2, 0.25) is 0 Å². The number of halogens is 5. The molecule has 1 aliphatic carbocycles. The number of ether oxygens (including phenoxy) is 1. The maximum atomic E-state index is 12.9. The Labute approximate surface area is 200 Å². The van der Waals surface area contributed by atoms with Crippen LogP contribution in [0.15, 0.2) is 42.5 Å². The molecular weight excluding hydrogens is 460 g/mol. The summed E-state index contributed by atoms with van der Waals surface area (Å²) in [7, 11) is 0. The largest absolute Gasteiger partial charge is 0.494 e. The number of alkyl halides is 3. The number of hydrogen-bond acceptors (Lipinski definition) is 3. The summed E-state index contributed by atoms with van der Waals surface area (Å²) in [5, 5.41) is 0. The molecule has 0 spiro atoms. The van der Waals surface area contributed by atoms with Crippen LogP contribution in [0.5, 0.6) is 5.75 Å². The van der Waals surface area contributed by atoms with Crippen molar-refractivity contribution in [2.75, 3.05) is 44.2 Å². The number of piperazine rings is 1. The molecule has 0 N–H and O–H groups in total. The van der Waals surface area contributed by atoms with E-state index in [-0.39, 0.29) is 24.8 Å². The van der Waals surface area contributed by atoms with Crippen LogP contribution in [-0.4, -0.2) is 44.2 Å². The molecule has 1 fully saturated rings. The van der Waals surface area contributed by atoms with Gasteiger partial charge in [-0.05, 0) is 80.1 Å². The molecule has 2 aromatic carbocycles. The predicted octanol–water partition coefficient (Wildman–Crippen LogP) is 6.02. The molecule has 8 heteroatoms. The number of rotatable bonds is 7. The smallest absolute Gasteiger partial charge is 0.416 e. The van der Waals surface area contributed by atoms with Gasteiger partial charge >= 0.3 is 6.18 Å². The molecule has 0 radical (unpaired) electrons. The Morgan fingerprint density at radius 3 is 2.34 bits per heavy atom. The Morgan fingerprint density at radius 2 is 1.59 bits per heavy atom. The second kappa shape index (κ2) is 12.0. The summed E-state index contributed by atoms with van der Waals surface area (Å²) in [6.07, 6.45) is 1.38. The van der Waals surface area contributed by atoms with Gasteiger partial charge in [0.05, 0.1) is 12.2 Å². The van der Waals surface area contributed by atoms with Crippen LogP contribution in [0.4, 0.5) is 18.9 Å². The topological polar surface area (TPSA) is 15.7 Å². The normalized spacial score (nSPS) is 16.2. The van der Waals surface area contributed by atoms with Gasteiger partial charge in [0.15, 0.2) is 0 Å². The van der Waals surface area contributed by atoms with Crippen molar-refractivity contribution < 1.29 is 17.9 Å². The quantitative estimate of drug-likeness (QED) is 0.441. The van der Waals surface area contributed by atoms with Gasteiger partial charge < -0.3 is 9.64 Å². The van der Waals surface area contributed by atoms with Crippen LogP contribution in [-0.2, 0) is 19.0 Å². The summed E-state index contributed by atoms with van der Waals surface area (Å²) in [5.41, 5.74) is 2.98. The Balaban J connectivity index is 0.00000181. The fourth-order valence-electron chi connectivity index (χ4n) is 4.37. The summed E-state index contributed by atoms with van der Waals surface area (Å²) in [6, 6.07) is 12.1. The molecule has 3 nitrogen and oxygen atoms in total. The molecule has 0 aromatic heterocycles. The number of aryl methyl sites for hydroxylation is 2. The number of nitrogens with zero attached hydrogens (tertiary/aromatic N) is 2. The predicted molar refractivity (Wildman–Crippen MR) is 128 cm³/mol. The molecule has 0 bridgehead atoms. The average molecular weight is 491 g/mol. The van der Waals surface area contributed by atoms with E-state index in [1.165, 1.54) is 42.5 Å². The fraction of sp³-hybridized carbons (Fsp3) is 0.500. The van der Waals surface area contributed by atoms with Crippen molar-refractivity contribution in [3.8, 4) is 5.75 Å². The molecule has 1 aliphatic heterocycles. The van der Waals surface area contributed by atoms with E-state index in [1.54, 1.807) is 6.07 Å². The Bertz CT molecular complexity index is 855. The molecule has 0 amide bonds. The first-order chi connectivity index (χ1) is 14.5. The zero-order chi connectivity index (χ0) is 21.0. The molecule has 1 heterocycles. The molecule has 178 valence electrons. The van der Waals surface area contributed by atoms with Gasteiger partial charge in [-0.2, -0.15) is 13.2 Å². The zero-order valence-corrected chi connectivity index (χ0v) is 19.7. The van der Waals surface area contributed by atoms with E-state index in [1.807, 2.05) is 4.90 Å². The van der Waals surface area contributed by atoms with Gasteiger partial charge in [-0.1, -0.05) is 12.1 Å². The van der Waals surface area contributed by atoms with Crippen LogP contribution in [0.3, 0.4) is 0 Å². The van der Waals surface area contributed by atoms with E-state index in [2.05, 4.69) is 23.1 Å². The maximum absolute atomic E-state index is 12.9. The van der Waals surface area contributed by atoms with E-state index >= 15 is 0 Å². The number of hydrogen-bond donors (Lipinski definition) is 0. The average Bonchev–Trinajstić information content (AvgIpc) is 3.21. The van der Waals surface area contributed by atoms with Crippen molar-refractivity contribution in [1.29, 1.82) is 0 Å². The molecule has 1 saturated heterocycles. The minimum absolute atomic E-state index is 0. The van der Waals surface area contributed by atoms with Gasteiger partial charge in [-0.15, -0.1) is 24.8 Å². The first kappa shape index (κ1) is 26.6. The number of benzene rings is 2. The van der Waals surface area contributed by atoms with Crippen LogP contribution in [0.1, 0.15) is 36.0 Å². The van der Waals surface area contributed by atoms with Gasteiger partial charge in [0.25, 0.3) is 0 Å². The first-order valence-corrected chi connectivity index (χ1v) is 10.9. The molecule has 0 unspecified atom stereocenters. The van der Waals surface area contributed by atoms with Crippen molar-refractivity contribution >= 4 is 30.5 Å². The third kappa shape index (κ3) is 6.93. The highest BCUT2D eigenvalue weighted by molar-refractivity contribution is 5.85. The van der Waals surface area contributed by atoms with Crippen molar-refractivity contribution in [2.45, 2.75) is 38.3 Å². The van der Waals surface area contributed by atoms with Gasteiger partial charge in [0.2, 0.25) is 0 Å². The third-order valence-corrected chi connectivity index (χ3v) is 6.12. The first-order valence-electron chi connectivity index (χ1n) is 10.9. The van der Waals surface area contributed by atoms with Crippen LogP contribution < -0.4 is 9.64 Å². The SMILES string of the molecule is Cl.Cl.FC(F)(F)c1cccc(N2CCN(CCCCOc3ccc4c(c3)CCC4)CC2)c1. The van der Waals surface area contributed by atoms with Crippen molar-refractivity contribution in [3.05, 3.63) is 59.2 Å². The van der Waals surface area contributed by atoms with Gasteiger partial charge in [-0.3, -0.25) is 4.90 Å². The van der Waals surface area contributed by atoms with E-state index in [0.717, 1.165) is 64.0 Å². The lowest BCUT2D eigenvalue weighted by Gasteiger charge is -2.36. The Hall–Kier alpha value is -1.63. The summed E-state index contributed by atoms with van der Waals surface area (Å²) >= 11 is 0. The van der Waals surface area contributed by atoms with Crippen LogP contribution in [0, 0.1) is 0 Å². The molecule has 2 aromatic rings. The van der Waals surface area contributed by atoms with Crippen LogP contribution in [0.25, 0.3) is 0 Å². The van der Waals surface area contributed by atoms with Gasteiger partial charge in [-0.25, -0.2) is 0 Å². The second-order valence-corrected chi connectivity index (χ2v) is 8.22. The second-order valence-electron chi connectivity index (χ2n) is 8.22. The highest BCUT2D eigenvalue weighted by Crippen LogP contribution is 2.32. The van der Waals surface area contributed by atoms with Crippen molar-refractivity contribution in [2.24, 2.45) is 0 Å². The zero-order valence-electron chi connectivity index (χ0n) is 18.1. The Kier molecular flexibility index (Phi) is 9.99. The van der Waals surface area contributed by atoms with Gasteiger partial charge in [0, 0.05) is 31.9 Å². The summed E-state index contributed by atoms with van der Waals surface area (Å²) in [5.74, 6) is 0.977. The van der Waals surface area contributed by atoms with Crippen molar-refractivity contribution in [3.63, 3.8) is 0 Å². The fourth-order valence-corrected chi connectivity index (χ4v) is 4.37. The standard InChI is InChI=1S/C24H29F3N2O.2ClH/c25-24(26,27)21-7-4-8-22(18-21)29-14-12-28(13-15-29)11-1-2-16-30-23-10-9-19-5-3-6-20(19)17-23;;/h4,7-10,17-18H,1-3,5-6,11-16H2;2*1H. The molecule has 2 aliphatic rings. The summed E-state index contributed by atoms with van der Waals surface area (Å²) in [4.78, 5) is 4.43. The van der Waals surface area contributed by atoms with Crippen LogP contribution >= 0.6 is 24.8 Å². The minimum atomic E-state index is -4.29. The third-order valence-electron chi connectivity index (χ3n) is 6.12. The minimum Gasteiger partial charge on any atom is -0.494 e. The highest BCUT2D eigenvalue weighted by atomic mass is 35.5. The van der Waals surface area contributed by atoms with E-state index in [4.69, 9.17) is 4.74 Å². The molecule has 0 atom stereocenters. The molecule has 0 saturated carbocycles. The number of anilines is 1. The molecular formula is C24H31Cl2F3N2O. The van der Waals surface area contributed by atoms with E-state index in [9.17, 15) is 13.2 Å². The highest BCUT2D eigenvalue weighted by Gasteiger charge is 2.31. The lowest BCUT2D eigenvalue weighted by atomic mass is 10.1. The monoisotopic (exact) mass is 490 g/mol. The van der Waals surface area contributed by atoms with E-state index in [0.29, 0.717) is 5.69 Å². The lowest BCUT2D eigenvalue weighted by Crippen LogP contribution is -2.46. The Morgan fingerprint density at radius 1 is 0.844 bits per heavy atom. The number of fused-ring (bicyclic) bond motifs is 1. The summed E-state index contributed by atoms with van der Waals surface area (Å²) < 4.78 is 44.7. The van der Waals surface area contributed by atoms with E-state index < -0.39 is 11.7 Å². The summed E-state index contributed by atoms with van der Waals surface area (Å²) in [6.45, 7) is 5.00. The molecule has 4 rings (SSSR count). The lowest BCUT2D eigenvalue weighted by molar-refractivity contribution is -0.137. The maximum Gasteiger partial charge on any atom is 0.416 e. The van der Waals surface area contributed by atoms with Crippen molar-refractivity contribution in [1.82, 2.24) is 4.90 Å². The van der Waals surface area contributed by atoms with Gasteiger partial charge in [0.1, 0.15) is 5.75 Å².